The monoisotopic (exact) mass is 303 g/mol. The second-order valence-corrected chi connectivity index (χ2v) is 6.35. The molecule has 1 unspecified atom stereocenters. The quantitative estimate of drug-likeness (QED) is 0.688. The summed E-state index contributed by atoms with van der Waals surface area (Å²) in [6, 6.07) is 16.1. The van der Waals surface area contributed by atoms with Crippen LogP contribution >= 0.6 is 22.9 Å². The molecule has 3 rings (SSSR count). The summed E-state index contributed by atoms with van der Waals surface area (Å²) in [5, 5.41) is 3.50. The van der Waals surface area contributed by atoms with Crippen LogP contribution < -0.4 is 5.32 Å². The van der Waals surface area contributed by atoms with Gasteiger partial charge < -0.3 is 9.73 Å². The molecule has 3 aromatic rings. The Hall–Kier alpha value is -1.71. The molecule has 2 heterocycles. The van der Waals surface area contributed by atoms with E-state index in [4.69, 9.17) is 16.0 Å². The van der Waals surface area contributed by atoms with E-state index in [1.807, 2.05) is 24.3 Å². The zero-order valence-electron chi connectivity index (χ0n) is 11.0. The summed E-state index contributed by atoms with van der Waals surface area (Å²) < 4.78 is 6.34. The lowest BCUT2D eigenvalue weighted by atomic mass is 10.1. The molecule has 0 aliphatic rings. The van der Waals surface area contributed by atoms with Crippen molar-refractivity contribution in [2.45, 2.75) is 13.0 Å². The van der Waals surface area contributed by atoms with Crippen LogP contribution in [0, 0.1) is 6.92 Å². The lowest BCUT2D eigenvalue weighted by Gasteiger charge is -2.16. The number of benzene rings is 1. The molecule has 4 heteroatoms. The van der Waals surface area contributed by atoms with Gasteiger partial charge in [0.2, 0.25) is 0 Å². The second kappa shape index (κ2) is 5.73. The summed E-state index contributed by atoms with van der Waals surface area (Å²) in [7, 11) is 0. The van der Waals surface area contributed by atoms with E-state index in [-0.39, 0.29) is 6.04 Å². The van der Waals surface area contributed by atoms with E-state index in [2.05, 4.69) is 36.5 Å². The van der Waals surface area contributed by atoms with Crippen molar-refractivity contribution in [3.05, 3.63) is 75.3 Å². The fourth-order valence-electron chi connectivity index (χ4n) is 2.04. The van der Waals surface area contributed by atoms with Crippen molar-refractivity contribution < 1.29 is 4.42 Å². The highest BCUT2D eigenvalue weighted by atomic mass is 35.5. The Labute approximate surface area is 127 Å². The van der Waals surface area contributed by atoms with Crippen LogP contribution in [-0.4, -0.2) is 0 Å². The maximum Gasteiger partial charge on any atom is 0.131 e. The van der Waals surface area contributed by atoms with Crippen LogP contribution in [0.3, 0.4) is 0 Å². The Bertz CT molecular complexity index is 673. The largest absolute Gasteiger partial charge is 0.467 e. The van der Waals surface area contributed by atoms with E-state index < -0.39 is 0 Å². The molecule has 0 bridgehead atoms. The minimum absolute atomic E-state index is 0.0230. The van der Waals surface area contributed by atoms with Gasteiger partial charge >= 0.3 is 0 Å². The highest BCUT2D eigenvalue weighted by Crippen LogP contribution is 2.33. The van der Waals surface area contributed by atoms with Crippen molar-refractivity contribution in [1.82, 2.24) is 0 Å². The van der Waals surface area contributed by atoms with Gasteiger partial charge in [-0.3, -0.25) is 0 Å². The number of aryl methyl sites for hydroxylation is 1. The van der Waals surface area contributed by atoms with Gasteiger partial charge in [-0.05, 0) is 43.3 Å². The van der Waals surface area contributed by atoms with Gasteiger partial charge in [0.15, 0.2) is 0 Å². The third kappa shape index (κ3) is 2.89. The molecule has 1 atom stereocenters. The van der Waals surface area contributed by atoms with Gasteiger partial charge in [-0.25, -0.2) is 0 Å². The van der Waals surface area contributed by atoms with Crippen molar-refractivity contribution >= 4 is 28.6 Å². The molecule has 1 aromatic carbocycles. The Morgan fingerprint density at radius 1 is 1.10 bits per heavy atom. The molecule has 0 radical (unpaired) electrons. The van der Waals surface area contributed by atoms with Crippen LogP contribution in [0.5, 0.6) is 0 Å². The van der Waals surface area contributed by atoms with Crippen LogP contribution in [0.1, 0.15) is 22.2 Å². The number of halogens is 1. The van der Waals surface area contributed by atoms with Gasteiger partial charge in [-0.15, -0.1) is 11.3 Å². The number of furan rings is 1. The predicted molar refractivity (Wildman–Crippen MR) is 84.7 cm³/mol. The van der Waals surface area contributed by atoms with E-state index in [1.165, 1.54) is 5.56 Å². The van der Waals surface area contributed by atoms with E-state index in [1.54, 1.807) is 17.6 Å². The first-order valence-electron chi connectivity index (χ1n) is 6.34. The predicted octanol–water partition coefficient (Wildman–Crippen LogP) is 5.50. The Morgan fingerprint density at radius 2 is 1.90 bits per heavy atom. The van der Waals surface area contributed by atoms with E-state index in [0.29, 0.717) is 0 Å². The normalized spacial score (nSPS) is 12.3. The molecule has 0 amide bonds. The third-order valence-electron chi connectivity index (χ3n) is 3.07. The standard InChI is InChI=1S/C16H14ClNOS/c1-11-4-6-12(7-5-11)18-16(13-3-2-10-19-13)14-8-9-15(17)20-14/h2-10,16,18H,1H3. The van der Waals surface area contributed by atoms with Crippen molar-refractivity contribution in [3.8, 4) is 0 Å². The number of rotatable bonds is 4. The van der Waals surface area contributed by atoms with Gasteiger partial charge in [0.05, 0.1) is 10.6 Å². The van der Waals surface area contributed by atoms with Gasteiger partial charge in [0, 0.05) is 10.6 Å². The first kappa shape index (κ1) is 13.3. The number of hydrogen-bond donors (Lipinski definition) is 1. The minimum Gasteiger partial charge on any atom is -0.467 e. The van der Waals surface area contributed by atoms with E-state index >= 15 is 0 Å². The molecule has 0 aliphatic heterocycles. The van der Waals surface area contributed by atoms with Crippen molar-refractivity contribution in [1.29, 1.82) is 0 Å². The number of anilines is 1. The summed E-state index contributed by atoms with van der Waals surface area (Å²) in [6.45, 7) is 2.08. The van der Waals surface area contributed by atoms with Crippen LogP contribution in [0.15, 0.2) is 59.2 Å². The van der Waals surface area contributed by atoms with Gasteiger partial charge in [-0.2, -0.15) is 0 Å². The summed E-state index contributed by atoms with van der Waals surface area (Å²) in [5.74, 6) is 0.879. The molecule has 102 valence electrons. The average molecular weight is 304 g/mol. The highest BCUT2D eigenvalue weighted by Gasteiger charge is 2.18. The summed E-state index contributed by atoms with van der Waals surface area (Å²) >= 11 is 7.61. The van der Waals surface area contributed by atoms with Gasteiger partial charge in [0.1, 0.15) is 11.8 Å². The molecular formula is C16H14ClNOS. The second-order valence-electron chi connectivity index (χ2n) is 4.60. The number of hydrogen-bond acceptors (Lipinski definition) is 3. The average Bonchev–Trinajstić information content (AvgIpc) is 3.09. The lowest BCUT2D eigenvalue weighted by molar-refractivity contribution is 0.501. The minimum atomic E-state index is -0.0230. The molecule has 0 aliphatic carbocycles. The zero-order valence-corrected chi connectivity index (χ0v) is 12.5. The molecule has 0 saturated carbocycles. The van der Waals surface area contributed by atoms with Gasteiger partial charge in [-0.1, -0.05) is 29.3 Å². The number of nitrogens with one attached hydrogen (secondary N) is 1. The van der Waals surface area contributed by atoms with Gasteiger partial charge in [0.25, 0.3) is 0 Å². The Kier molecular flexibility index (Phi) is 3.81. The summed E-state index contributed by atoms with van der Waals surface area (Å²) in [6.07, 6.45) is 1.69. The van der Waals surface area contributed by atoms with E-state index in [0.717, 1.165) is 20.7 Å². The van der Waals surface area contributed by atoms with Crippen molar-refractivity contribution in [2.75, 3.05) is 5.32 Å². The van der Waals surface area contributed by atoms with Crippen molar-refractivity contribution in [2.24, 2.45) is 0 Å². The molecule has 1 N–H and O–H groups in total. The molecule has 2 nitrogen and oxygen atoms in total. The zero-order chi connectivity index (χ0) is 13.9. The first-order valence-corrected chi connectivity index (χ1v) is 7.53. The maximum absolute atomic E-state index is 6.05. The van der Waals surface area contributed by atoms with Crippen LogP contribution in [0.2, 0.25) is 4.34 Å². The Morgan fingerprint density at radius 3 is 2.50 bits per heavy atom. The lowest BCUT2D eigenvalue weighted by Crippen LogP contribution is -2.10. The third-order valence-corrected chi connectivity index (χ3v) is 4.36. The summed E-state index contributed by atoms with van der Waals surface area (Å²) in [4.78, 5) is 1.13. The van der Waals surface area contributed by atoms with Crippen molar-refractivity contribution in [3.63, 3.8) is 0 Å². The SMILES string of the molecule is Cc1ccc(NC(c2ccco2)c2ccc(Cl)s2)cc1. The van der Waals surface area contributed by atoms with Crippen LogP contribution in [0.4, 0.5) is 5.69 Å². The Balaban J connectivity index is 1.92. The topological polar surface area (TPSA) is 25.2 Å². The van der Waals surface area contributed by atoms with Crippen LogP contribution in [-0.2, 0) is 0 Å². The molecule has 20 heavy (non-hydrogen) atoms. The number of thiophene rings is 1. The fraction of sp³-hybridized carbons (Fsp3) is 0.125. The smallest absolute Gasteiger partial charge is 0.131 e. The first-order chi connectivity index (χ1) is 9.72. The van der Waals surface area contributed by atoms with Crippen LogP contribution in [0.25, 0.3) is 0 Å². The van der Waals surface area contributed by atoms with E-state index in [9.17, 15) is 0 Å². The maximum atomic E-state index is 6.05. The molecule has 0 spiro atoms. The molecule has 0 fully saturated rings. The summed E-state index contributed by atoms with van der Waals surface area (Å²) in [5.41, 5.74) is 2.30. The fourth-order valence-corrected chi connectivity index (χ4v) is 3.16. The molecule has 2 aromatic heterocycles. The molecule has 0 saturated heterocycles. The molecular weight excluding hydrogens is 290 g/mol. The highest BCUT2D eigenvalue weighted by molar-refractivity contribution is 7.16.